The lowest BCUT2D eigenvalue weighted by atomic mass is 10.00. The number of rotatable bonds is 5. The molecule has 27 heavy (non-hydrogen) atoms. The number of esters is 1. The van der Waals surface area contributed by atoms with Crippen molar-refractivity contribution in [2.24, 2.45) is 0 Å². The number of piperidine rings is 1. The second kappa shape index (κ2) is 7.88. The van der Waals surface area contributed by atoms with Crippen molar-refractivity contribution in [1.29, 1.82) is 0 Å². The number of amides is 1. The lowest BCUT2D eigenvalue weighted by Crippen LogP contribution is -2.45. The van der Waals surface area contributed by atoms with E-state index in [-0.39, 0.29) is 18.6 Å². The van der Waals surface area contributed by atoms with Gasteiger partial charge in [0.05, 0.1) is 17.5 Å². The number of carbonyl (C=O) groups excluding carboxylic acids is 2. The summed E-state index contributed by atoms with van der Waals surface area (Å²) in [5.41, 5.74) is 1.73. The van der Waals surface area contributed by atoms with E-state index in [2.05, 4.69) is 6.92 Å². The van der Waals surface area contributed by atoms with Crippen LogP contribution in [0.5, 0.6) is 0 Å². The predicted octanol–water partition coefficient (Wildman–Crippen LogP) is 1.96. The van der Waals surface area contributed by atoms with E-state index < -0.39 is 16.0 Å². The number of ether oxygens (including phenoxy) is 1. The van der Waals surface area contributed by atoms with Crippen LogP contribution < -0.4 is 4.31 Å². The number of anilines is 1. The molecule has 1 aromatic carbocycles. The summed E-state index contributed by atoms with van der Waals surface area (Å²) < 4.78 is 30.1. The van der Waals surface area contributed by atoms with Crippen molar-refractivity contribution in [2.45, 2.75) is 45.1 Å². The summed E-state index contributed by atoms with van der Waals surface area (Å²) in [6.07, 6.45) is 5.73. The molecule has 0 unspecified atom stereocenters. The number of nitrogens with zero attached hydrogens (tertiary/aromatic N) is 2. The molecular formula is C19H26N2O5S. The Morgan fingerprint density at radius 1 is 1.22 bits per heavy atom. The molecule has 1 amide bonds. The minimum atomic E-state index is -3.32. The van der Waals surface area contributed by atoms with E-state index >= 15 is 0 Å². The topological polar surface area (TPSA) is 84.0 Å². The lowest BCUT2D eigenvalue weighted by molar-refractivity contribution is -0.138. The zero-order chi connectivity index (χ0) is 19.6. The molecule has 0 radical (unpaired) electrons. The molecule has 0 bridgehead atoms. The third kappa shape index (κ3) is 4.26. The zero-order valence-corrected chi connectivity index (χ0v) is 16.6. The Kier molecular flexibility index (Phi) is 5.74. The summed E-state index contributed by atoms with van der Waals surface area (Å²) in [6.45, 7) is 2.89. The standard InChI is InChI=1S/C19H26N2O5S/c1-3-16-6-4-5-10-20(16)18(22)13-26-19(23)15-7-8-17-14(12-15)9-11-21(17)27(2,24)25/h7-8,12,16H,3-6,9-11,13H2,1-2H3/t16-/m1/s1. The highest BCUT2D eigenvalue weighted by Crippen LogP contribution is 2.30. The number of likely N-dealkylation sites (tertiary alicyclic amines) is 1. The van der Waals surface area contributed by atoms with E-state index in [1.165, 1.54) is 10.6 Å². The highest BCUT2D eigenvalue weighted by molar-refractivity contribution is 7.92. The largest absolute Gasteiger partial charge is 0.452 e. The van der Waals surface area contributed by atoms with Gasteiger partial charge in [0, 0.05) is 19.1 Å². The average Bonchev–Trinajstić information content (AvgIpc) is 3.09. The summed E-state index contributed by atoms with van der Waals surface area (Å²) in [5.74, 6) is -0.715. The first-order chi connectivity index (χ1) is 12.8. The first-order valence-corrected chi connectivity index (χ1v) is 11.2. The van der Waals surface area contributed by atoms with Crippen LogP contribution in [0, 0.1) is 0 Å². The summed E-state index contributed by atoms with van der Waals surface area (Å²) in [4.78, 5) is 26.6. The van der Waals surface area contributed by atoms with Crippen LogP contribution in [-0.2, 0) is 26.0 Å². The van der Waals surface area contributed by atoms with Gasteiger partial charge in [-0.05, 0) is 55.9 Å². The second-order valence-electron chi connectivity index (χ2n) is 7.15. The van der Waals surface area contributed by atoms with Gasteiger partial charge in [-0.3, -0.25) is 9.10 Å². The fraction of sp³-hybridized carbons (Fsp3) is 0.579. The van der Waals surface area contributed by atoms with Crippen molar-refractivity contribution >= 4 is 27.6 Å². The molecule has 0 aliphatic carbocycles. The molecule has 1 atom stereocenters. The number of hydrogen-bond donors (Lipinski definition) is 0. The van der Waals surface area contributed by atoms with Gasteiger partial charge in [-0.15, -0.1) is 0 Å². The number of carbonyl (C=O) groups is 2. The van der Waals surface area contributed by atoms with Crippen LogP contribution in [0.1, 0.15) is 48.5 Å². The average molecular weight is 394 g/mol. The molecular weight excluding hydrogens is 368 g/mol. The Balaban J connectivity index is 1.63. The number of fused-ring (bicyclic) bond motifs is 1. The minimum Gasteiger partial charge on any atom is -0.452 e. The van der Waals surface area contributed by atoms with Gasteiger partial charge in [0.1, 0.15) is 0 Å². The van der Waals surface area contributed by atoms with E-state index in [1.807, 2.05) is 4.90 Å². The maximum absolute atomic E-state index is 12.4. The number of sulfonamides is 1. The van der Waals surface area contributed by atoms with Crippen LogP contribution >= 0.6 is 0 Å². The maximum atomic E-state index is 12.4. The van der Waals surface area contributed by atoms with Crippen molar-refractivity contribution in [3.05, 3.63) is 29.3 Å². The van der Waals surface area contributed by atoms with Crippen LogP contribution in [-0.4, -0.2) is 57.2 Å². The third-order valence-corrected chi connectivity index (χ3v) is 6.49. The van der Waals surface area contributed by atoms with Gasteiger partial charge in [0.2, 0.25) is 10.0 Å². The molecule has 1 aromatic rings. The van der Waals surface area contributed by atoms with Gasteiger partial charge >= 0.3 is 5.97 Å². The third-order valence-electron chi connectivity index (χ3n) is 5.31. The maximum Gasteiger partial charge on any atom is 0.338 e. The molecule has 0 aromatic heterocycles. The minimum absolute atomic E-state index is 0.153. The van der Waals surface area contributed by atoms with Crippen LogP contribution in [0.15, 0.2) is 18.2 Å². The Hall–Kier alpha value is -2.09. The smallest absolute Gasteiger partial charge is 0.338 e. The number of hydrogen-bond acceptors (Lipinski definition) is 5. The van der Waals surface area contributed by atoms with Crippen molar-refractivity contribution < 1.29 is 22.7 Å². The second-order valence-corrected chi connectivity index (χ2v) is 9.06. The van der Waals surface area contributed by atoms with E-state index in [4.69, 9.17) is 4.74 Å². The molecule has 2 aliphatic heterocycles. The lowest BCUT2D eigenvalue weighted by Gasteiger charge is -2.35. The van der Waals surface area contributed by atoms with Crippen molar-refractivity contribution in [3.63, 3.8) is 0 Å². The van der Waals surface area contributed by atoms with Gasteiger partial charge in [0.25, 0.3) is 5.91 Å². The summed E-state index contributed by atoms with van der Waals surface area (Å²) in [6, 6.07) is 5.06. The molecule has 7 nitrogen and oxygen atoms in total. The molecule has 148 valence electrons. The SMILES string of the molecule is CC[C@@H]1CCCCN1C(=O)COC(=O)c1ccc2c(c1)CCN2S(C)(=O)=O. The molecule has 0 spiro atoms. The van der Waals surface area contributed by atoms with Gasteiger partial charge in [-0.1, -0.05) is 6.92 Å². The Bertz CT molecular complexity index is 837. The summed E-state index contributed by atoms with van der Waals surface area (Å²) in [7, 11) is -3.32. The van der Waals surface area contributed by atoms with Gasteiger partial charge in [0.15, 0.2) is 6.61 Å². The monoisotopic (exact) mass is 394 g/mol. The van der Waals surface area contributed by atoms with Crippen LogP contribution in [0.3, 0.4) is 0 Å². The first-order valence-electron chi connectivity index (χ1n) is 9.38. The summed E-state index contributed by atoms with van der Waals surface area (Å²) in [5, 5.41) is 0. The zero-order valence-electron chi connectivity index (χ0n) is 15.8. The van der Waals surface area contributed by atoms with Gasteiger partial charge in [-0.2, -0.15) is 0 Å². The Morgan fingerprint density at radius 3 is 2.70 bits per heavy atom. The fourth-order valence-electron chi connectivity index (χ4n) is 3.89. The molecule has 0 saturated carbocycles. The van der Waals surface area contributed by atoms with E-state index in [1.54, 1.807) is 18.2 Å². The molecule has 2 heterocycles. The van der Waals surface area contributed by atoms with Gasteiger partial charge < -0.3 is 9.64 Å². The van der Waals surface area contributed by atoms with Gasteiger partial charge in [-0.25, -0.2) is 13.2 Å². The quantitative estimate of drug-likeness (QED) is 0.713. The Morgan fingerprint density at radius 2 is 2.00 bits per heavy atom. The highest BCUT2D eigenvalue weighted by Gasteiger charge is 2.28. The van der Waals surface area contributed by atoms with E-state index in [9.17, 15) is 18.0 Å². The molecule has 1 fully saturated rings. The highest BCUT2D eigenvalue weighted by atomic mass is 32.2. The number of benzene rings is 1. The molecule has 0 N–H and O–H groups in total. The predicted molar refractivity (Wildman–Crippen MR) is 102 cm³/mol. The molecule has 1 saturated heterocycles. The van der Waals surface area contributed by atoms with Crippen LogP contribution in [0.2, 0.25) is 0 Å². The van der Waals surface area contributed by atoms with Crippen LogP contribution in [0.25, 0.3) is 0 Å². The van der Waals surface area contributed by atoms with Crippen molar-refractivity contribution in [2.75, 3.05) is 30.3 Å². The van der Waals surface area contributed by atoms with Crippen molar-refractivity contribution in [3.8, 4) is 0 Å². The molecule has 3 rings (SSSR count). The van der Waals surface area contributed by atoms with Crippen molar-refractivity contribution in [1.82, 2.24) is 4.90 Å². The molecule has 8 heteroatoms. The Labute approximate surface area is 160 Å². The fourth-order valence-corrected chi connectivity index (χ4v) is 4.85. The molecule has 2 aliphatic rings. The van der Waals surface area contributed by atoms with E-state index in [0.717, 1.165) is 37.8 Å². The summed E-state index contributed by atoms with van der Waals surface area (Å²) >= 11 is 0. The normalized spacial score (nSPS) is 19.7. The van der Waals surface area contributed by atoms with Crippen LogP contribution in [0.4, 0.5) is 5.69 Å². The van der Waals surface area contributed by atoms with E-state index in [0.29, 0.717) is 24.2 Å². The first kappa shape index (κ1) is 19.7.